The number of carbonyl (C=O) groups is 1. The number of ether oxygens (including phenoxy) is 2. The van der Waals surface area contributed by atoms with Crippen LogP contribution < -0.4 is 16.0 Å². The molecule has 1 saturated heterocycles. The van der Waals surface area contributed by atoms with Gasteiger partial charge in [-0.15, -0.1) is 11.3 Å². The fraction of sp³-hybridized carbons (Fsp3) is 0.552. The topological polar surface area (TPSA) is 82.8 Å². The minimum absolute atomic E-state index is 0.167. The molecule has 1 unspecified atom stereocenters. The van der Waals surface area contributed by atoms with Crippen LogP contribution in [0.3, 0.4) is 0 Å². The van der Waals surface area contributed by atoms with Crippen molar-refractivity contribution in [1.82, 2.24) is 14.0 Å². The minimum Gasteiger partial charge on any atom is -0.496 e. The van der Waals surface area contributed by atoms with E-state index in [9.17, 15) is 14.4 Å². The summed E-state index contributed by atoms with van der Waals surface area (Å²) < 4.78 is 14.9. The largest absolute Gasteiger partial charge is 0.496 e. The number of carbonyl (C=O) groups excluding carboxylic acids is 1. The van der Waals surface area contributed by atoms with Crippen molar-refractivity contribution in [1.29, 1.82) is 0 Å². The van der Waals surface area contributed by atoms with Crippen molar-refractivity contribution < 1.29 is 14.3 Å². The molecule has 1 aliphatic rings. The zero-order chi connectivity index (χ0) is 28.7. The van der Waals surface area contributed by atoms with Gasteiger partial charge in [0.15, 0.2) is 0 Å². The van der Waals surface area contributed by atoms with Crippen molar-refractivity contribution in [3.05, 3.63) is 60.0 Å². The van der Waals surface area contributed by atoms with Gasteiger partial charge in [-0.05, 0) is 95.0 Å². The predicted octanol–water partition coefficient (Wildman–Crippen LogP) is 5.61. The lowest BCUT2D eigenvalue weighted by atomic mass is 10.00. The number of aromatic nitrogens is 2. The summed E-state index contributed by atoms with van der Waals surface area (Å²) in [5.41, 5.74) is -1.59. The van der Waals surface area contributed by atoms with E-state index in [0.717, 1.165) is 51.2 Å². The maximum Gasteiger partial charge on any atom is 0.333 e. The summed E-state index contributed by atoms with van der Waals surface area (Å²) in [6, 6.07) is 7.72. The quantitative estimate of drug-likeness (QED) is 0.320. The number of aryl methyl sites for hydroxylation is 1. The summed E-state index contributed by atoms with van der Waals surface area (Å²) >= 11 is 4.95. The van der Waals surface area contributed by atoms with Gasteiger partial charge in [0.1, 0.15) is 21.7 Å². The van der Waals surface area contributed by atoms with E-state index in [0.29, 0.717) is 16.8 Å². The summed E-state index contributed by atoms with van der Waals surface area (Å²) in [5.74, 6) is 0.118. The van der Waals surface area contributed by atoms with Gasteiger partial charge in [0, 0.05) is 12.1 Å². The molecule has 0 saturated carbocycles. The summed E-state index contributed by atoms with van der Waals surface area (Å²) in [7, 11) is 1.65. The van der Waals surface area contributed by atoms with Crippen LogP contribution in [-0.2, 0) is 21.6 Å². The molecule has 0 radical (unpaired) electrons. The first-order valence-electron chi connectivity index (χ1n) is 13.3. The van der Waals surface area contributed by atoms with Gasteiger partial charge in [0.25, 0.3) is 5.56 Å². The number of piperidine rings is 1. The van der Waals surface area contributed by atoms with Crippen LogP contribution in [-0.4, -0.2) is 45.8 Å². The molecule has 1 atom stereocenters. The molecule has 1 fully saturated rings. The number of nitrogens with zero attached hydrogens (tertiary/aromatic N) is 3. The number of hydrogen-bond donors (Lipinski definition) is 0. The van der Waals surface area contributed by atoms with E-state index in [2.05, 4.69) is 20.8 Å². The fourth-order valence-electron chi connectivity index (χ4n) is 5.22. The van der Waals surface area contributed by atoms with Gasteiger partial charge in [0.2, 0.25) is 0 Å². The number of halogens is 1. The highest BCUT2D eigenvalue weighted by Crippen LogP contribution is 2.36. The first kappa shape index (κ1) is 29.6. The Morgan fingerprint density at radius 1 is 1.08 bits per heavy atom. The SMILES string of the molecule is COc1ccccc1C(Cn1c(=O)n(C(C)(C)C(=O)OC(C)(C)C)c(=O)c2c(C)c(Br)sc21)N1CCCCC1. The number of fused-ring (bicyclic) bond motifs is 1. The standard InChI is InChI=1S/C29H38BrN3O5S/c1-18-22-24(34)33(29(5,6)26(35)38-28(2,3)4)27(36)32(25(22)39-23(18)30)17-20(31-15-11-8-12-16-31)19-13-9-10-14-21(19)37-7/h9-10,13-14,20H,8,11-12,15-17H2,1-7H3. The van der Waals surface area contributed by atoms with E-state index >= 15 is 0 Å². The van der Waals surface area contributed by atoms with Gasteiger partial charge in [-0.3, -0.25) is 14.3 Å². The second-order valence-electron chi connectivity index (χ2n) is 11.6. The third kappa shape index (κ3) is 5.74. The highest BCUT2D eigenvalue weighted by molar-refractivity contribution is 9.11. The Morgan fingerprint density at radius 3 is 2.33 bits per heavy atom. The molecule has 39 heavy (non-hydrogen) atoms. The molecule has 10 heteroatoms. The highest BCUT2D eigenvalue weighted by atomic mass is 79.9. The third-order valence-electron chi connectivity index (χ3n) is 7.30. The lowest BCUT2D eigenvalue weighted by Gasteiger charge is -2.36. The third-order valence-corrected chi connectivity index (χ3v) is 9.48. The molecule has 0 amide bonds. The first-order valence-corrected chi connectivity index (χ1v) is 14.9. The molecule has 212 valence electrons. The van der Waals surface area contributed by atoms with Gasteiger partial charge in [0.05, 0.1) is 22.3 Å². The Balaban J connectivity index is 1.97. The van der Waals surface area contributed by atoms with E-state index in [-0.39, 0.29) is 6.04 Å². The Labute approximate surface area is 241 Å². The van der Waals surface area contributed by atoms with Crippen molar-refractivity contribution in [3.8, 4) is 5.75 Å². The molecule has 1 aliphatic heterocycles. The van der Waals surface area contributed by atoms with Crippen molar-refractivity contribution in [2.75, 3.05) is 20.2 Å². The molecule has 8 nitrogen and oxygen atoms in total. The summed E-state index contributed by atoms with van der Waals surface area (Å²) in [6.45, 7) is 12.4. The number of methoxy groups -OCH3 is 1. The highest BCUT2D eigenvalue weighted by Gasteiger charge is 2.39. The molecule has 0 N–H and O–H groups in total. The second-order valence-corrected chi connectivity index (χ2v) is 13.9. The Hall–Kier alpha value is -2.43. The van der Waals surface area contributed by atoms with Gasteiger partial charge < -0.3 is 9.47 Å². The molecule has 0 bridgehead atoms. The van der Waals surface area contributed by atoms with Crippen LogP contribution in [0, 0.1) is 6.92 Å². The van der Waals surface area contributed by atoms with Gasteiger partial charge in [-0.1, -0.05) is 24.6 Å². The van der Waals surface area contributed by atoms with E-state index in [1.807, 2.05) is 31.2 Å². The van der Waals surface area contributed by atoms with Gasteiger partial charge in [-0.25, -0.2) is 14.2 Å². The van der Waals surface area contributed by atoms with E-state index < -0.39 is 28.4 Å². The molecule has 3 aromatic rings. The molecular formula is C29H38BrN3O5S. The molecule has 4 rings (SSSR count). The zero-order valence-electron chi connectivity index (χ0n) is 23.8. The second kappa shape index (κ2) is 11.2. The molecule has 3 heterocycles. The molecule has 2 aromatic heterocycles. The minimum atomic E-state index is -1.52. The molecule has 0 spiro atoms. The number of para-hydroxylation sites is 1. The maximum absolute atomic E-state index is 14.3. The summed E-state index contributed by atoms with van der Waals surface area (Å²) in [5, 5.41) is 0.431. The maximum atomic E-state index is 14.3. The van der Waals surface area contributed by atoms with E-state index in [1.54, 1.807) is 46.3 Å². The van der Waals surface area contributed by atoms with Gasteiger partial charge >= 0.3 is 11.7 Å². The number of benzene rings is 1. The van der Waals surface area contributed by atoms with E-state index in [1.165, 1.54) is 17.8 Å². The zero-order valence-corrected chi connectivity index (χ0v) is 26.2. The molecular weight excluding hydrogens is 582 g/mol. The van der Waals surface area contributed by atoms with Crippen LogP contribution >= 0.6 is 27.3 Å². The van der Waals surface area contributed by atoms with E-state index in [4.69, 9.17) is 9.47 Å². The van der Waals surface area contributed by atoms with Crippen LogP contribution in [0.5, 0.6) is 5.75 Å². The average Bonchev–Trinajstić information content (AvgIpc) is 3.17. The van der Waals surface area contributed by atoms with Crippen LogP contribution in [0.15, 0.2) is 37.6 Å². The number of thiophene rings is 1. The van der Waals surface area contributed by atoms with Crippen LogP contribution in [0.4, 0.5) is 0 Å². The smallest absolute Gasteiger partial charge is 0.333 e. The summed E-state index contributed by atoms with van der Waals surface area (Å²) in [4.78, 5) is 44.5. The number of esters is 1. The van der Waals surface area contributed by atoms with Gasteiger partial charge in [-0.2, -0.15) is 0 Å². The number of likely N-dealkylation sites (tertiary alicyclic amines) is 1. The predicted molar refractivity (Wildman–Crippen MR) is 159 cm³/mol. The monoisotopic (exact) mass is 619 g/mol. The normalized spacial score (nSPS) is 15.9. The Kier molecular flexibility index (Phi) is 8.50. The lowest BCUT2D eigenvalue weighted by Crippen LogP contribution is -2.54. The number of hydrogen-bond acceptors (Lipinski definition) is 7. The van der Waals surface area contributed by atoms with Crippen molar-refractivity contribution >= 4 is 43.5 Å². The van der Waals surface area contributed by atoms with Crippen molar-refractivity contribution in [2.24, 2.45) is 0 Å². The lowest BCUT2D eigenvalue weighted by molar-refractivity contribution is -0.164. The van der Waals surface area contributed by atoms with Crippen molar-refractivity contribution in [3.63, 3.8) is 0 Å². The molecule has 1 aromatic carbocycles. The van der Waals surface area contributed by atoms with Crippen LogP contribution in [0.25, 0.3) is 10.2 Å². The molecule has 0 aliphatic carbocycles. The van der Waals surface area contributed by atoms with Crippen LogP contribution in [0.2, 0.25) is 0 Å². The van der Waals surface area contributed by atoms with Crippen LogP contribution in [0.1, 0.15) is 71.0 Å². The Bertz CT molecular complexity index is 1490. The Morgan fingerprint density at radius 2 is 1.72 bits per heavy atom. The van der Waals surface area contributed by atoms with Crippen molar-refractivity contribution in [2.45, 2.75) is 84.5 Å². The summed E-state index contributed by atoms with van der Waals surface area (Å²) in [6.07, 6.45) is 3.32. The number of rotatable bonds is 7. The fourth-order valence-corrected chi connectivity index (χ4v) is 6.91. The average molecular weight is 621 g/mol. The first-order chi connectivity index (χ1) is 18.3.